The molecule has 0 fully saturated rings. The van der Waals surface area contributed by atoms with Crippen molar-refractivity contribution < 1.29 is 9.53 Å². The molecular formula is C23H27N3O2. The molecule has 1 aromatic heterocycles. The van der Waals surface area contributed by atoms with Gasteiger partial charge in [0.15, 0.2) is 0 Å². The van der Waals surface area contributed by atoms with E-state index in [-0.39, 0.29) is 11.9 Å². The van der Waals surface area contributed by atoms with Crippen LogP contribution in [0.5, 0.6) is 11.6 Å². The predicted molar refractivity (Wildman–Crippen MR) is 111 cm³/mol. The second-order valence-corrected chi connectivity index (χ2v) is 7.13. The molecule has 0 N–H and O–H groups in total. The average molecular weight is 377 g/mol. The van der Waals surface area contributed by atoms with Crippen LogP contribution >= 0.6 is 0 Å². The molecule has 146 valence electrons. The van der Waals surface area contributed by atoms with Crippen molar-refractivity contribution >= 4 is 5.91 Å². The molecule has 28 heavy (non-hydrogen) atoms. The highest BCUT2D eigenvalue weighted by molar-refractivity contribution is 5.76. The van der Waals surface area contributed by atoms with Crippen molar-refractivity contribution in [2.45, 2.75) is 39.7 Å². The van der Waals surface area contributed by atoms with Crippen molar-refractivity contribution in [1.29, 1.82) is 0 Å². The Morgan fingerprint density at radius 2 is 1.68 bits per heavy atom. The number of aryl methyl sites for hydroxylation is 1. The summed E-state index contributed by atoms with van der Waals surface area (Å²) in [5, 5.41) is 4.70. The molecule has 3 aromatic rings. The molecule has 5 heteroatoms. The van der Waals surface area contributed by atoms with Crippen molar-refractivity contribution in [3.8, 4) is 17.3 Å². The van der Waals surface area contributed by atoms with Gasteiger partial charge in [-0.3, -0.25) is 4.79 Å². The topological polar surface area (TPSA) is 47.4 Å². The van der Waals surface area contributed by atoms with Gasteiger partial charge in [-0.1, -0.05) is 36.4 Å². The van der Waals surface area contributed by atoms with Gasteiger partial charge in [-0.15, -0.1) is 0 Å². The molecule has 1 amide bonds. The Morgan fingerprint density at radius 1 is 1.07 bits per heavy atom. The van der Waals surface area contributed by atoms with Crippen LogP contribution in [0.25, 0.3) is 5.69 Å². The molecule has 5 nitrogen and oxygen atoms in total. The minimum Gasteiger partial charge on any atom is -0.439 e. The van der Waals surface area contributed by atoms with Gasteiger partial charge in [0.05, 0.1) is 11.4 Å². The average Bonchev–Trinajstić information content (AvgIpc) is 3.02. The highest BCUT2D eigenvalue weighted by Crippen LogP contribution is 2.31. The summed E-state index contributed by atoms with van der Waals surface area (Å²) in [5.41, 5.74) is 2.75. The van der Waals surface area contributed by atoms with Crippen LogP contribution in [0.15, 0.2) is 60.7 Å². The maximum Gasteiger partial charge on any atom is 0.226 e. The Balaban J connectivity index is 1.94. The number of amides is 1. The van der Waals surface area contributed by atoms with Crippen molar-refractivity contribution in [2.24, 2.45) is 0 Å². The number of nitrogens with zero attached hydrogens (tertiary/aromatic N) is 3. The maximum atomic E-state index is 12.5. The summed E-state index contributed by atoms with van der Waals surface area (Å²) in [6.07, 6.45) is 0.998. The highest BCUT2D eigenvalue weighted by atomic mass is 16.5. The first-order valence-corrected chi connectivity index (χ1v) is 9.60. The van der Waals surface area contributed by atoms with E-state index in [4.69, 9.17) is 9.84 Å². The molecule has 1 heterocycles. The second kappa shape index (κ2) is 8.74. The van der Waals surface area contributed by atoms with Gasteiger partial charge in [0.1, 0.15) is 5.75 Å². The first kappa shape index (κ1) is 19.7. The normalized spacial score (nSPS) is 10.9. The van der Waals surface area contributed by atoms with Crippen molar-refractivity contribution in [3.63, 3.8) is 0 Å². The van der Waals surface area contributed by atoms with Crippen LogP contribution in [0.3, 0.4) is 0 Å². The zero-order chi connectivity index (χ0) is 20.1. The van der Waals surface area contributed by atoms with Gasteiger partial charge in [-0.2, -0.15) is 5.10 Å². The third-order valence-electron chi connectivity index (χ3n) is 4.85. The van der Waals surface area contributed by atoms with Gasteiger partial charge in [-0.25, -0.2) is 4.68 Å². The van der Waals surface area contributed by atoms with E-state index in [1.165, 1.54) is 0 Å². The van der Waals surface area contributed by atoms with Crippen LogP contribution in [0.2, 0.25) is 0 Å². The summed E-state index contributed by atoms with van der Waals surface area (Å²) in [4.78, 5) is 14.2. The van der Waals surface area contributed by atoms with E-state index in [0.29, 0.717) is 18.7 Å². The number of benzene rings is 2. The Bertz CT molecular complexity index is 918. The number of carbonyl (C=O) groups excluding carboxylic acids is 1. The van der Waals surface area contributed by atoms with E-state index in [1.54, 1.807) is 4.90 Å². The number of para-hydroxylation sites is 2. The summed E-state index contributed by atoms with van der Waals surface area (Å²) in [5.74, 6) is 1.52. The third kappa shape index (κ3) is 4.42. The number of aromatic nitrogens is 2. The molecule has 0 bridgehead atoms. The number of hydrogen-bond acceptors (Lipinski definition) is 3. The van der Waals surface area contributed by atoms with E-state index >= 15 is 0 Å². The van der Waals surface area contributed by atoms with Crippen LogP contribution in [0.4, 0.5) is 0 Å². The summed E-state index contributed by atoms with van der Waals surface area (Å²) >= 11 is 0. The fraction of sp³-hybridized carbons (Fsp3) is 0.304. The second-order valence-electron chi connectivity index (χ2n) is 7.13. The maximum absolute atomic E-state index is 12.5. The van der Waals surface area contributed by atoms with Gasteiger partial charge in [-0.05, 0) is 51.5 Å². The lowest BCUT2D eigenvalue weighted by Gasteiger charge is -2.21. The Morgan fingerprint density at radius 3 is 2.29 bits per heavy atom. The molecule has 0 spiro atoms. The van der Waals surface area contributed by atoms with Crippen LogP contribution in [0.1, 0.15) is 31.5 Å². The lowest BCUT2D eigenvalue weighted by atomic mass is 10.1. The minimum atomic E-state index is 0.118. The zero-order valence-corrected chi connectivity index (χ0v) is 16.9. The number of rotatable bonds is 7. The SMILES string of the molecule is Cc1nn(-c2ccccc2)c(Oc2ccccc2)c1CCC(=O)N(C)C(C)C. The molecule has 0 radical (unpaired) electrons. The first-order chi connectivity index (χ1) is 13.5. The fourth-order valence-corrected chi connectivity index (χ4v) is 2.97. The predicted octanol–water partition coefficient (Wildman–Crippen LogP) is 4.77. The molecule has 0 saturated heterocycles. The van der Waals surface area contributed by atoms with Gasteiger partial charge in [0, 0.05) is 25.1 Å². The Labute approximate surface area is 166 Å². The smallest absolute Gasteiger partial charge is 0.226 e. The van der Waals surface area contributed by atoms with Gasteiger partial charge >= 0.3 is 0 Å². The monoisotopic (exact) mass is 377 g/mol. The number of hydrogen-bond donors (Lipinski definition) is 0. The molecule has 0 aliphatic heterocycles. The summed E-state index contributed by atoms with van der Waals surface area (Å²) in [6, 6.07) is 19.7. The summed E-state index contributed by atoms with van der Waals surface area (Å²) < 4.78 is 8.05. The summed E-state index contributed by atoms with van der Waals surface area (Å²) in [7, 11) is 1.84. The van der Waals surface area contributed by atoms with E-state index in [0.717, 1.165) is 22.7 Å². The van der Waals surface area contributed by atoms with Gasteiger partial charge < -0.3 is 9.64 Å². The number of ether oxygens (including phenoxy) is 1. The summed E-state index contributed by atoms with van der Waals surface area (Å²) in [6.45, 7) is 5.99. The highest BCUT2D eigenvalue weighted by Gasteiger charge is 2.21. The molecule has 2 aromatic carbocycles. The Hall–Kier alpha value is -3.08. The van der Waals surface area contributed by atoms with E-state index in [2.05, 4.69) is 0 Å². The minimum absolute atomic E-state index is 0.118. The molecule has 0 aliphatic rings. The van der Waals surface area contributed by atoms with Crippen molar-refractivity contribution in [3.05, 3.63) is 71.9 Å². The van der Waals surface area contributed by atoms with E-state index in [1.807, 2.05) is 93.2 Å². The molecule has 0 saturated carbocycles. The Kier molecular flexibility index (Phi) is 6.14. The molecule has 0 atom stereocenters. The van der Waals surface area contributed by atoms with Gasteiger partial charge in [0.25, 0.3) is 0 Å². The van der Waals surface area contributed by atoms with Crippen LogP contribution < -0.4 is 4.74 Å². The van der Waals surface area contributed by atoms with Crippen molar-refractivity contribution in [2.75, 3.05) is 7.05 Å². The quantitative estimate of drug-likeness (QED) is 0.596. The lowest BCUT2D eigenvalue weighted by Crippen LogP contribution is -2.33. The third-order valence-corrected chi connectivity index (χ3v) is 4.85. The fourth-order valence-electron chi connectivity index (χ4n) is 2.97. The standard InChI is InChI=1S/C23H27N3O2/c1-17(2)25(4)22(27)16-15-21-18(3)24-26(19-11-7-5-8-12-19)23(21)28-20-13-9-6-10-14-20/h5-14,17H,15-16H2,1-4H3. The first-order valence-electron chi connectivity index (χ1n) is 9.60. The van der Waals surface area contributed by atoms with Crippen LogP contribution in [-0.4, -0.2) is 33.7 Å². The van der Waals surface area contributed by atoms with Crippen LogP contribution in [0, 0.1) is 6.92 Å². The lowest BCUT2D eigenvalue weighted by molar-refractivity contribution is -0.131. The van der Waals surface area contributed by atoms with E-state index < -0.39 is 0 Å². The zero-order valence-electron chi connectivity index (χ0n) is 16.9. The molecular weight excluding hydrogens is 350 g/mol. The molecule has 0 aliphatic carbocycles. The molecule has 3 rings (SSSR count). The largest absolute Gasteiger partial charge is 0.439 e. The van der Waals surface area contributed by atoms with Crippen LogP contribution in [-0.2, 0) is 11.2 Å². The van der Waals surface area contributed by atoms with Crippen molar-refractivity contribution in [1.82, 2.24) is 14.7 Å². The number of carbonyl (C=O) groups is 1. The van der Waals surface area contributed by atoms with E-state index in [9.17, 15) is 4.79 Å². The molecule has 0 unspecified atom stereocenters. The van der Waals surface area contributed by atoms with Gasteiger partial charge in [0.2, 0.25) is 11.8 Å².